The van der Waals surface area contributed by atoms with Crippen LogP contribution in [-0.2, 0) is 16.2 Å². The summed E-state index contributed by atoms with van der Waals surface area (Å²) in [5, 5.41) is -0.541. The molecule has 132 valence electrons. The standard InChI is InChI=1S/C13H16ClF3N2O2S.ClH/c14-11-4-3-9(7-10(11)13(15,16)17)22(20,21)19-12(8-18)5-1-2-6-12;/h3-4,7,19H,1-2,5-6,8,18H2;1H. The number of sulfonamides is 1. The van der Waals surface area contributed by atoms with E-state index >= 15 is 0 Å². The second kappa shape index (κ2) is 7.14. The van der Waals surface area contributed by atoms with Crippen molar-refractivity contribution in [3.05, 3.63) is 28.8 Å². The van der Waals surface area contributed by atoms with Gasteiger partial charge in [-0.3, -0.25) is 0 Å². The van der Waals surface area contributed by atoms with Gasteiger partial charge in [-0.05, 0) is 31.0 Å². The van der Waals surface area contributed by atoms with E-state index in [0.717, 1.165) is 25.0 Å². The zero-order valence-corrected chi connectivity index (χ0v) is 14.4. The molecule has 23 heavy (non-hydrogen) atoms. The Morgan fingerprint density at radius 2 is 1.83 bits per heavy atom. The van der Waals surface area contributed by atoms with Crippen LogP contribution in [0.1, 0.15) is 31.2 Å². The van der Waals surface area contributed by atoms with Crippen molar-refractivity contribution >= 4 is 34.0 Å². The molecule has 4 nitrogen and oxygen atoms in total. The van der Waals surface area contributed by atoms with E-state index in [4.69, 9.17) is 17.3 Å². The van der Waals surface area contributed by atoms with Gasteiger partial charge in [0.15, 0.2) is 0 Å². The molecule has 1 aromatic rings. The van der Waals surface area contributed by atoms with Crippen molar-refractivity contribution in [3.63, 3.8) is 0 Å². The average Bonchev–Trinajstić information content (AvgIpc) is 2.86. The number of nitrogens with one attached hydrogen (secondary N) is 1. The number of rotatable bonds is 4. The lowest BCUT2D eigenvalue weighted by Crippen LogP contribution is -2.51. The smallest absolute Gasteiger partial charge is 0.329 e. The Bertz CT molecular complexity index is 660. The van der Waals surface area contributed by atoms with Crippen LogP contribution in [0, 0.1) is 0 Å². The summed E-state index contributed by atoms with van der Waals surface area (Å²) in [5.74, 6) is 0. The summed E-state index contributed by atoms with van der Waals surface area (Å²) in [5.41, 5.74) is 3.69. The maximum Gasteiger partial charge on any atom is 0.417 e. The summed E-state index contributed by atoms with van der Waals surface area (Å²) in [6.45, 7) is 0.103. The second-order valence-corrected chi connectivity index (χ2v) is 7.53. The zero-order chi connectivity index (χ0) is 16.6. The molecule has 0 amide bonds. The monoisotopic (exact) mass is 392 g/mol. The molecule has 1 saturated carbocycles. The molecule has 0 spiro atoms. The first-order valence-corrected chi connectivity index (χ1v) is 8.57. The maximum absolute atomic E-state index is 12.8. The lowest BCUT2D eigenvalue weighted by Gasteiger charge is -2.28. The molecule has 0 atom stereocenters. The van der Waals surface area contributed by atoms with Gasteiger partial charge in [0.25, 0.3) is 0 Å². The van der Waals surface area contributed by atoms with Crippen molar-refractivity contribution in [1.29, 1.82) is 0 Å². The largest absolute Gasteiger partial charge is 0.417 e. The van der Waals surface area contributed by atoms with Gasteiger partial charge in [-0.25, -0.2) is 13.1 Å². The number of alkyl halides is 3. The third kappa shape index (κ3) is 4.51. The first-order valence-electron chi connectivity index (χ1n) is 6.70. The van der Waals surface area contributed by atoms with Gasteiger partial charge in [0.1, 0.15) is 0 Å². The molecule has 10 heteroatoms. The first-order chi connectivity index (χ1) is 10.1. The highest BCUT2D eigenvalue weighted by atomic mass is 35.5. The van der Waals surface area contributed by atoms with Crippen LogP contribution in [0.25, 0.3) is 0 Å². The third-order valence-electron chi connectivity index (χ3n) is 3.86. The van der Waals surface area contributed by atoms with Gasteiger partial charge in [-0.2, -0.15) is 13.2 Å². The lowest BCUT2D eigenvalue weighted by molar-refractivity contribution is -0.137. The molecule has 0 bridgehead atoms. The normalized spacial score (nSPS) is 17.8. The van der Waals surface area contributed by atoms with Crippen LogP contribution in [0.15, 0.2) is 23.1 Å². The maximum atomic E-state index is 12.8. The molecule has 0 heterocycles. The summed E-state index contributed by atoms with van der Waals surface area (Å²) in [6, 6.07) is 2.53. The Balaban J connectivity index is 0.00000264. The molecular formula is C13H17Cl2F3N2O2S. The molecule has 1 aliphatic carbocycles. The highest BCUT2D eigenvalue weighted by Gasteiger charge is 2.38. The van der Waals surface area contributed by atoms with E-state index in [9.17, 15) is 21.6 Å². The molecule has 3 N–H and O–H groups in total. The van der Waals surface area contributed by atoms with E-state index in [1.165, 1.54) is 0 Å². The Labute approximate surface area is 144 Å². The number of hydrogen-bond acceptors (Lipinski definition) is 3. The lowest BCUT2D eigenvalue weighted by atomic mass is 10.0. The van der Waals surface area contributed by atoms with Crippen LogP contribution >= 0.6 is 24.0 Å². The third-order valence-corrected chi connectivity index (χ3v) is 5.76. The molecule has 0 saturated heterocycles. The van der Waals surface area contributed by atoms with Crippen molar-refractivity contribution < 1.29 is 21.6 Å². The number of hydrogen-bond donors (Lipinski definition) is 2. The Morgan fingerprint density at radius 3 is 2.30 bits per heavy atom. The van der Waals surface area contributed by atoms with Gasteiger partial charge >= 0.3 is 6.18 Å². The van der Waals surface area contributed by atoms with Gasteiger partial charge in [0, 0.05) is 12.1 Å². The fourth-order valence-electron chi connectivity index (χ4n) is 2.63. The Kier molecular flexibility index (Phi) is 6.37. The van der Waals surface area contributed by atoms with E-state index in [1.54, 1.807) is 0 Å². The second-order valence-electron chi connectivity index (χ2n) is 5.44. The zero-order valence-electron chi connectivity index (χ0n) is 12.0. The van der Waals surface area contributed by atoms with Crippen molar-refractivity contribution in [2.24, 2.45) is 5.73 Å². The van der Waals surface area contributed by atoms with Gasteiger partial charge < -0.3 is 5.73 Å². The molecule has 1 aliphatic rings. The summed E-state index contributed by atoms with van der Waals surface area (Å²) < 4.78 is 65.7. The average molecular weight is 393 g/mol. The van der Waals surface area contributed by atoms with Crippen molar-refractivity contribution in [1.82, 2.24) is 4.72 Å². The molecule has 2 rings (SSSR count). The SMILES string of the molecule is Cl.NCC1(NS(=O)(=O)c2ccc(Cl)c(C(F)(F)F)c2)CCCC1. The van der Waals surface area contributed by atoms with E-state index in [2.05, 4.69) is 4.72 Å². The molecule has 1 aromatic carbocycles. The summed E-state index contributed by atoms with van der Waals surface area (Å²) in [7, 11) is -4.10. The first kappa shape index (κ1) is 20.5. The number of nitrogens with two attached hydrogens (primary N) is 1. The minimum absolute atomic E-state index is 0. The van der Waals surface area contributed by atoms with Crippen LogP contribution in [0.4, 0.5) is 13.2 Å². The topological polar surface area (TPSA) is 72.2 Å². The minimum atomic E-state index is -4.72. The molecule has 0 aliphatic heterocycles. The number of benzene rings is 1. The fourth-order valence-corrected chi connectivity index (χ4v) is 4.35. The summed E-state index contributed by atoms with van der Waals surface area (Å²) in [4.78, 5) is -0.469. The summed E-state index contributed by atoms with van der Waals surface area (Å²) in [6.07, 6.45) is -1.92. The van der Waals surface area contributed by atoms with Gasteiger partial charge in [0.2, 0.25) is 10.0 Å². The van der Waals surface area contributed by atoms with Crippen molar-refractivity contribution in [2.45, 2.75) is 42.3 Å². The predicted molar refractivity (Wildman–Crippen MR) is 84.3 cm³/mol. The van der Waals surface area contributed by atoms with Crippen molar-refractivity contribution in [2.75, 3.05) is 6.54 Å². The van der Waals surface area contributed by atoms with Gasteiger partial charge in [0.05, 0.1) is 15.5 Å². The van der Waals surface area contributed by atoms with Gasteiger partial charge in [-0.1, -0.05) is 24.4 Å². The van der Waals surface area contributed by atoms with Crippen LogP contribution in [-0.4, -0.2) is 20.5 Å². The van der Waals surface area contributed by atoms with Gasteiger partial charge in [-0.15, -0.1) is 12.4 Å². The number of halogens is 5. The molecule has 1 fully saturated rings. The molecular weight excluding hydrogens is 376 g/mol. The van der Waals surface area contributed by atoms with Crippen molar-refractivity contribution in [3.8, 4) is 0 Å². The predicted octanol–water partition coefficient (Wildman–Crippen LogP) is 3.33. The molecule has 0 aromatic heterocycles. The van der Waals surface area contributed by atoms with E-state index in [0.29, 0.717) is 18.9 Å². The molecule has 0 radical (unpaired) electrons. The Hall–Kier alpha value is -0.540. The van der Waals surface area contributed by atoms with E-state index in [-0.39, 0.29) is 19.0 Å². The van der Waals surface area contributed by atoms with Crippen LogP contribution in [0.5, 0.6) is 0 Å². The highest BCUT2D eigenvalue weighted by Crippen LogP contribution is 2.36. The van der Waals surface area contributed by atoms with Crippen LogP contribution < -0.4 is 10.5 Å². The highest BCUT2D eigenvalue weighted by molar-refractivity contribution is 7.89. The minimum Gasteiger partial charge on any atom is -0.329 e. The molecule has 0 unspecified atom stereocenters. The van der Waals surface area contributed by atoms with Crippen LogP contribution in [0.2, 0.25) is 5.02 Å². The van der Waals surface area contributed by atoms with E-state index < -0.39 is 37.2 Å². The van der Waals surface area contributed by atoms with E-state index in [1.807, 2.05) is 0 Å². The summed E-state index contributed by atoms with van der Waals surface area (Å²) >= 11 is 5.50. The van der Waals surface area contributed by atoms with Crippen LogP contribution in [0.3, 0.4) is 0 Å². The Morgan fingerprint density at radius 1 is 1.26 bits per heavy atom. The quantitative estimate of drug-likeness (QED) is 0.825. The fraction of sp³-hybridized carbons (Fsp3) is 0.538.